The minimum atomic E-state index is 0.0454. The molecule has 0 radical (unpaired) electrons. The van der Waals surface area contributed by atoms with Crippen molar-refractivity contribution >= 4 is 5.91 Å². The fourth-order valence-electron chi connectivity index (χ4n) is 3.92. The Kier molecular flexibility index (Phi) is 3.89. The quantitative estimate of drug-likeness (QED) is 0.849. The fourth-order valence-corrected chi connectivity index (χ4v) is 3.92. The largest absolute Gasteiger partial charge is 0.378 e. The van der Waals surface area contributed by atoms with Gasteiger partial charge in [0.25, 0.3) is 5.91 Å². The van der Waals surface area contributed by atoms with E-state index in [9.17, 15) is 4.79 Å². The normalized spacial score (nSPS) is 25.0. The van der Waals surface area contributed by atoms with Gasteiger partial charge in [-0.3, -0.25) is 9.69 Å². The second-order valence-electron chi connectivity index (χ2n) is 7.27. The maximum atomic E-state index is 12.6. The third-order valence-electron chi connectivity index (χ3n) is 5.68. The van der Waals surface area contributed by atoms with Crippen LogP contribution in [0.4, 0.5) is 0 Å². The highest BCUT2D eigenvalue weighted by atomic mass is 16.5. The van der Waals surface area contributed by atoms with E-state index in [1.165, 1.54) is 25.6 Å². The summed E-state index contributed by atoms with van der Waals surface area (Å²) in [6.07, 6.45) is 6.21. The summed E-state index contributed by atoms with van der Waals surface area (Å²) < 4.78 is 10.7. The van der Waals surface area contributed by atoms with Crippen molar-refractivity contribution in [2.75, 3.05) is 39.4 Å². The van der Waals surface area contributed by atoms with Gasteiger partial charge in [0.2, 0.25) is 0 Å². The number of carbonyl (C=O) groups is 1. The van der Waals surface area contributed by atoms with Crippen LogP contribution in [0.3, 0.4) is 0 Å². The first-order valence-corrected chi connectivity index (χ1v) is 8.71. The summed E-state index contributed by atoms with van der Waals surface area (Å²) in [6.45, 7) is 7.29. The summed E-state index contributed by atoms with van der Waals surface area (Å²) in [5.41, 5.74) is 1.41. The van der Waals surface area contributed by atoms with Gasteiger partial charge in [-0.2, -0.15) is 0 Å². The van der Waals surface area contributed by atoms with Crippen molar-refractivity contribution in [3.63, 3.8) is 0 Å². The van der Waals surface area contributed by atoms with Gasteiger partial charge < -0.3 is 14.2 Å². The van der Waals surface area contributed by atoms with Crippen molar-refractivity contribution in [3.8, 4) is 0 Å². The molecule has 4 rings (SSSR count). The number of rotatable bonds is 3. The van der Waals surface area contributed by atoms with Crippen LogP contribution in [0.15, 0.2) is 10.8 Å². The molecule has 2 aliphatic heterocycles. The molecule has 23 heavy (non-hydrogen) atoms. The van der Waals surface area contributed by atoms with Gasteiger partial charge in [0.1, 0.15) is 11.8 Å². The van der Waals surface area contributed by atoms with Crippen molar-refractivity contribution in [1.82, 2.24) is 15.0 Å². The number of nitrogens with zero attached hydrogens (tertiary/aromatic N) is 3. The van der Waals surface area contributed by atoms with E-state index in [0.717, 1.165) is 51.6 Å². The van der Waals surface area contributed by atoms with Crippen LogP contribution < -0.4 is 0 Å². The number of morpholine rings is 1. The van der Waals surface area contributed by atoms with E-state index in [1.54, 1.807) is 0 Å². The summed E-state index contributed by atoms with van der Waals surface area (Å²) in [4.78, 5) is 17.2. The number of amides is 1. The van der Waals surface area contributed by atoms with E-state index in [0.29, 0.717) is 11.3 Å². The predicted octanol–water partition coefficient (Wildman–Crippen LogP) is 1.70. The molecule has 0 N–H and O–H groups in total. The zero-order valence-electron chi connectivity index (χ0n) is 13.8. The van der Waals surface area contributed by atoms with Crippen LogP contribution in [0.25, 0.3) is 0 Å². The standard InChI is InChI=1S/C17H25N3O3/c1-13-15(11-23-18-13)16(21)19-6-4-17(5-7-19)12-22-9-8-20(17)10-14-2-3-14/h11,14H,2-10,12H2,1H3. The second kappa shape index (κ2) is 5.91. The summed E-state index contributed by atoms with van der Waals surface area (Å²) >= 11 is 0. The number of aryl methyl sites for hydroxylation is 1. The predicted molar refractivity (Wildman–Crippen MR) is 84.2 cm³/mol. The molecule has 1 aliphatic carbocycles. The van der Waals surface area contributed by atoms with Crippen molar-refractivity contribution < 1.29 is 14.1 Å². The van der Waals surface area contributed by atoms with Crippen molar-refractivity contribution in [2.24, 2.45) is 5.92 Å². The zero-order chi connectivity index (χ0) is 15.9. The highest BCUT2D eigenvalue weighted by Crippen LogP contribution is 2.37. The maximum Gasteiger partial charge on any atom is 0.259 e. The van der Waals surface area contributed by atoms with Gasteiger partial charge in [0, 0.05) is 31.7 Å². The molecule has 1 aromatic heterocycles. The van der Waals surface area contributed by atoms with Crippen LogP contribution in [0.2, 0.25) is 0 Å². The second-order valence-corrected chi connectivity index (χ2v) is 7.27. The van der Waals surface area contributed by atoms with E-state index in [4.69, 9.17) is 9.26 Å². The molecule has 0 aromatic carbocycles. The van der Waals surface area contributed by atoms with Gasteiger partial charge in [0.05, 0.1) is 18.9 Å². The lowest BCUT2D eigenvalue weighted by atomic mass is 9.85. The highest BCUT2D eigenvalue weighted by Gasteiger charge is 2.44. The van der Waals surface area contributed by atoms with Gasteiger partial charge in [-0.25, -0.2) is 0 Å². The highest BCUT2D eigenvalue weighted by molar-refractivity contribution is 5.94. The Hall–Kier alpha value is -1.40. The lowest BCUT2D eigenvalue weighted by Crippen LogP contribution is -2.62. The van der Waals surface area contributed by atoms with Crippen molar-refractivity contribution in [2.45, 2.75) is 38.1 Å². The molecule has 3 aliphatic rings. The van der Waals surface area contributed by atoms with E-state index >= 15 is 0 Å². The lowest BCUT2D eigenvalue weighted by Gasteiger charge is -2.51. The summed E-state index contributed by atoms with van der Waals surface area (Å²) in [5, 5.41) is 3.82. The first-order chi connectivity index (χ1) is 11.2. The van der Waals surface area contributed by atoms with Gasteiger partial charge >= 0.3 is 0 Å². The number of piperidine rings is 1. The van der Waals surface area contributed by atoms with Crippen LogP contribution in [0, 0.1) is 12.8 Å². The first-order valence-electron chi connectivity index (χ1n) is 8.71. The van der Waals surface area contributed by atoms with Crippen molar-refractivity contribution in [3.05, 3.63) is 17.5 Å². The van der Waals surface area contributed by atoms with Crippen LogP contribution in [0.1, 0.15) is 41.7 Å². The monoisotopic (exact) mass is 319 g/mol. The van der Waals surface area contributed by atoms with Gasteiger partial charge in [-0.05, 0) is 38.5 Å². The molecule has 1 spiro atoms. The Morgan fingerprint density at radius 3 is 2.78 bits per heavy atom. The van der Waals surface area contributed by atoms with Crippen LogP contribution in [-0.4, -0.2) is 65.8 Å². The average Bonchev–Trinajstić information content (AvgIpc) is 3.28. The molecule has 0 unspecified atom stereocenters. The van der Waals surface area contributed by atoms with Gasteiger partial charge in [-0.15, -0.1) is 0 Å². The van der Waals surface area contributed by atoms with Gasteiger partial charge in [0.15, 0.2) is 0 Å². The Labute approximate surface area is 136 Å². The minimum absolute atomic E-state index is 0.0454. The topological polar surface area (TPSA) is 58.8 Å². The number of likely N-dealkylation sites (tertiary alicyclic amines) is 1. The molecule has 6 nitrogen and oxygen atoms in total. The first kappa shape index (κ1) is 15.1. The molecule has 1 aromatic rings. The molecular formula is C17H25N3O3. The third kappa shape index (κ3) is 2.90. The summed E-state index contributed by atoms with van der Waals surface area (Å²) in [6, 6.07) is 0. The van der Waals surface area contributed by atoms with Gasteiger partial charge in [-0.1, -0.05) is 5.16 Å². The number of ether oxygens (including phenoxy) is 1. The smallest absolute Gasteiger partial charge is 0.259 e. The average molecular weight is 319 g/mol. The molecular weight excluding hydrogens is 294 g/mol. The molecule has 3 fully saturated rings. The molecule has 126 valence electrons. The Balaban J connectivity index is 1.42. The molecule has 3 heterocycles. The maximum absolute atomic E-state index is 12.6. The number of hydrogen-bond donors (Lipinski definition) is 0. The van der Waals surface area contributed by atoms with Crippen LogP contribution in [0.5, 0.6) is 0 Å². The Bertz CT molecular complexity index is 573. The van der Waals surface area contributed by atoms with Crippen LogP contribution in [-0.2, 0) is 4.74 Å². The summed E-state index contributed by atoms with van der Waals surface area (Å²) in [5.74, 6) is 0.938. The third-order valence-corrected chi connectivity index (χ3v) is 5.68. The Morgan fingerprint density at radius 2 is 2.13 bits per heavy atom. The van der Waals surface area contributed by atoms with Crippen molar-refractivity contribution in [1.29, 1.82) is 0 Å². The number of aromatic nitrogens is 1. The molecule has 1 amide bonds. The van der Waals surface area contributed by atoms with E-state index < -0.39 is 0 Å². The SMILES string of the molecule is Cc1nocc1C(=O)N1CCC2(CC1)COCCN2CC1CC1. The molecule has 0 atom stereocenters. The number of carbonyl (C=O) groups excluding carboxylic acids is 1. The molecule has 0 bridgehead atoms. The minimum Gasteiger partial charge on any atom is -0.378 e. The van der Waals surface area contributed by atoms with E-state index in [2.05, 4.69) is 10.1 Å². The lowest BCUT2D eigenvalue weighted by molar-refractivity contribution is -0.0932. The van der Waals surface area contributed by atoms with Crippen LogP contribution >= 0.6 is 0 Å². The fraction of sp³-hybridized carbons (Fsp3) is 0.765. The van der Waals surface area contributed by atoms with E-state index in [1.807, 2.05) is 11.8 Å². The molecule has 6 heteroatoms. The van der Waals surface area contributed by atoms with E-state index in [-0.39, 0.29) is 11.4 Å². The summed E-state index contributed by atoms with van der Waals surface area (Å²) in [7, 11) is 0. The molecule has 2 saturated heterocycles. The number of hydrogen-bond acceptors (Lipinski definition) is 5. The molecule has 1 saturated carbocycles. The Morgan fingerprint density at radius 1 is 1.35 bits per heavy atom. The zero-order valence-corrected chi connectivity index (χ0v) is 13.8.